The van der Waals surface area contributed by atoms with Crippen molar-refractivity contribution in [2.75, 3.05) is 6.26 Å². The summed E-state index contributed by atoms with van der Waals surface area (Å²) in [7, 11) is -1.76. The highest BCUT2D eigenvalue weighted by atomic mass is 32.2. The lowest BCUT2D eigenvalue weighted by atomic mass is 10.0. The van der Waals surface area contributed by atoms with Gasteiger partial charge in [-0.2, -0.15) is 5.10 Å². The Kier molecular flexibility index (Phi) is 2.73. The Morgan fingerprint density at radius 2 is 2.00 bits per heavy atom. The lowest BCUT2D eigenvalue weighted by Gasteiger charge is -2.19. The first-order valence-electron chi connectivity index (χ1n) is 4.39. The Morgan fingerprint density at radius 1 is 1.47 bits per heavy atom. The van der Waals surface area contributed by atoms with Gasteiger partial charge in [-0.3, -0.25) is 9.48 Å². The van der Waals surface area contributed by atoms with E-state index in [1.165, 1.54) is 30.9 Å². The maximum absolute atomic E-state index is 11.9. The summed E-state index contributed by atoms with van der Waals surface area (Å²) in [5, 5.41) is 3.83. The Morgan fingerprint density at radius 3 is 2.33 bits per heavy atom. The van der Waals surface area contributed by atoms with E-state index in [0.717, 1.165) is 6.26 Å². The number of Topliss-reactive ketones (excluding diaryl/α,β-unsaturated/α-hetero) is 1. The molecule has 1 aromatic heterocycles. The number of rotatable bonds is 3. The molecule has 1 rings (SSSR count). The van der Waals surface area contributed by atoms with E-state index in [9.17, 15) is 13.2 Å². The number of hydrogen-bond donors (Lipinski definition) is 0. The minimum absolute atomic E-state index is 0.313. The molecular weight excluding hydrogens is 216 g/mol. The molecule has 5 nitrogen and oxygen atoms in total. The fourth-order valence-electron chi connectivity index (χ4n) is 1.05. The van der Waals surface area contributed by atoms with Gasteiger partial charge in [0.2, 0.25) is 0 Å². The number of carbonyl (C=O) groups excluding carboxylic acids is 1. The summed E-state index contributed by atoms with van der Waals surface area (Å²) in [6.07, 6.45) is 3.94. The molecule has 84 valence electrons. The van der Waals surface area contributed by atoms with Crippen LogP contribution in [0.15, 0.2) is 12.4 Å². The maximum Gasteiger partial charge on any atom is 0.186 e. The van der Waals surface area contributed by atoms with E-state index < -0.39 is 20.4 Å². The van der Waals surface area contributed by atoms with Gasteiger partial charge < -0.3 is 0 Å². The quantitative estimate of drug-likeness (QED) is 0.706. The third-order valence-electron chi connectivity index (χ3n) is 2.44. The molecule has 0 spiro atoms. The second kappa shape index (κ2) is 3.44. The summed E-state index contributed by atoms with van der Waals surface area (Å²) in [5.74, 6) is -0.432. The maximum atomic E-state index is 11.9. The second-order valence-electron chi connectivity index (χ2n) is 4.01. The van der Waals surface area contributed by atoms with Crippen LogP contribution in [0, 0.1) is 0 Å². The molecule has 0 aliphatic heterocycles. The largest absolute Gasteiger partial charge is 0.292 e. The van der Waals surface area contributed by atoms with Crippen LogP contribution in [0.4, 0.5) is 0 Å². The first-order chi connectivity index (χ1) is 6.66. The molecule has 15 heavy (non-hydrogen) atoms. The van der Waals surface area contributed by atoms with E-state index in [4.69, 9.17) is 0 Å². The molecule has 0 saturated carbocycles. The van der Waals surface area contributed by atoms with Gasteiger partial charge in [-0.1, -0.05) is 0 Å². The van der Waals surface area contributed by atoms with Gasteiger partial charge in [-0.05, 0) is 13.8 Å². The average molecular weight is 230 g/mol. The van der Waals surface area contributed by atoms with Crippen molar-refractivity contribution in [2.24, 2.45) is 7.05 Å². The summed E-state index contributed by atoms with van der Waals surface area (Å²) in [6.45, 7) is 2.80. The van der Waals surface area contributed by atoms with Crippen molar-refractivity contribution in [3.63, 3.8) is 0 Å². The molecule has 0 unspecified atom stereocenters. The van der Waals surface area contributed by atoms with Crippen molar-refractivity contribution >= 4 is 15.6 Å². The molecule has 0 fully saturated rings. The zero-order valence-corrected chi connectivity index (χ0v) is 10.00. The van der Waals surface area contributed by atoms with E-state index >= 15 is 0 Å². The number of nitrogens with zero attached hydrogens (tertiary/aromatic N) is 2. The number of hydrogen-bond acceptors (Lipinski definition) is 4. The van der Waals surface area contributed by atoms with Crippen LogP contribution in [0.2, 0.25) is 0 Å². The zero-order chi connectivity index (χ0) is 11.9. The van der Waals surface area contributed by atoms with Gasteiger partial charge in [-0.15, -0.1) is 0 Å². The van der Waals surface area contributed by atoms with E-state index in [1.807, 2.05) is 0 Å². The lowest BCUT2D eigenvalue weighted by Crippen LogP contribution is -2.39. The molecule has 0 N–H and O–H groups in total. The molecule has 0 aromatic carbocycles. The number of carbonyl (C=O) groups is 1. The minimum atomic E-state index is -3.43. The predicted octanol–water partition coefficient (Wildman–Crippen LogP) is 0.426. The lowest BCUT2D eigenvalue weighted by molar-refractivity contribution is 0.0954. The van der Waals surface area contributed by atoms with Crippen LogP contribution in [-0.4, -0.2) is 35.0 Å². The number of sulfone groups is 1. The summed E-state index contributed by atoms with van der Waals surface area (Å²) < 4.78 is 22.9. The first kappa shape index (κ1) is 11.9. The van der Waals surface area contributed by atoms with Crippen LogP contribution >= 0.6 is 0 Å². The van der Waals surface area contributed by atoms with Crippen molar-refractivity contribution in [1.82, 2.24) is 9.78 Å². The topological polar surface area (TPSA) is 69.0 Å². The van der Waals surface area contributed by atoms with Crippen LogP contribution in [0.3, 0.4) is 0 Å². The Balaban J connectivity index is 3.16. The normalized spacial score (nSPS) is 12.8. The van der Waals surface area contributed by atoms with Crippen molar-refractivity contribution < 1.29 is 13.2 Å². The standard InChI is InChI=1S/C9H14N2O3S/c1-9(2,15(4,13)14)8(12)7-5-10-11(3)6-7/h5-6H,1-4H3. The average Bonchev–Trinajstić information content (AvgIpc) is 2.48. The van der Waals surface area contributed by atoms with Crippen LogP contribution in [0.1, 0.15) is 24.2 Å². The van der Waals surface area contributed by atoms with Gasteiger partial charge in [0.15, 0.2) is 15.6 Å². The summed E-state index contributed by atoms with van der Waals surface area (Å²) in [4.78, 5) is 11.9. The molecule has 0 saturated heterocycles. The fourth-order valence-corrected chi connectivity index (χ4v) is 1.51. The molecule has 0 aliphatic rings. The summed E-state index contributed by atoms with van der Waals surface area (Å²) >= 11 is 0. The Hall–Kier alpha value is -1.17. The smallest absolute Gasteiger partial charge is 0.186 e. The van der Waals surface area contributed by atoms with Crippen LogP contribution in [0.5, 0.6) is 0 Å². The highest BCUT2D eigenvalue weighted by molar-refractivity contribution is 7.92. The van der Waals surface area contributed by atoms with E-state index in [1.54, 1.807) is 7.05 Å². The third kappa shape index (κ3) is 2.09. The van der Waals surface area contributed by atoms with E-state index in [0.29, 0.717) is 5.56 Å². The molecule has 0 atom stereocenters. The molecule has 0 aliphatic carbocycles. The van der Waals surface area contributed by atoms with Crippen LogP contribution in [-0.2, 0) is 16.9 Å². The summed E-state index contributed by atoms with van der Waals surface area (Å²) in [6, 6.07) is 0. The number of aryl methyl sites for hydroxylation is 1. The molecular formula is C9H14N2O3S. The zero-order valence-electron chi connectivity index (χ0n) is 9.18. The van der Waals surface area contributed by atoms with Gasteiger partial charge in [0.05, 0.1) is 11.8 Å². The Labute approximate surface area is 89.0 Å². The monoisotopic (exact) mass is 230 g/mol. The fraction of sp³-hybridized carbons (Fsp3) is 0.556. The van der Waals surface area contributed by atoms with Gasteiger partial charge in [0, 0.05) is 19.5 Å². The molecule has 0 bridgehead atoms. The third-order valence-corrected chi connectivity index (χ3v) is 4.48. The SMILES string of the molecule is Cn1cc(C(=O)C(C)(C)S(C)(=O)=O)cn1. The van der Waals surface area contributed by atoms with E-state index in [-0.39, 0.29) is 0 Å². The van der Waals surface area contributed by atoms with Crippen molar-refractivity contribution in [3.8, 4) is 0 Å². The van der Waals surface area contributed by atoms with Gasteiger partial charge in [0.1, 0.15) is 4.75 Å². The highest BCUT2D eigenvalue weighted by Crippen LogP contribution is 2.20. The van der Waals surface area contributed by atoms with Gasteiger partial charge >= 0.3 is 0 Å². The Bertz CT molecular complexity index is 485. The summed E-state index contributed by atoms with van der Waals surface area (Å²) in [5.41, 5.74) is 0.313. The van der Waals surface area contributed by atoms with Crippen molar-refractivity contribution in [1.29, 1.82) is 0 Å². The van der Waals surface area contributed by atoms with E-state index in [2.05, 4.69) is 5.10 Å². The van der Waals surface area contributed by atoms with Gasteiger partial charge in [0.25, 0.3) is 0 Å². The van der Waals surface area contributed by atoms with Crippen LogP contribution in [0.25, 0.3) is 0 Å². The van der Waals surface area contributed by atoms with Crippen molar-refractivity contribution in [3.05, 3.63) is 18.0 Å². The second-order valence-corrected chi connectivity index (χ2v) is 6.58. The molecule has 0 radical (unpaired) electrons. The van der Waals surface area contributed by atoms with Gasteiger partial charge in [-0.25, -0.2) is 8.42 Å². The predicted molar refractivity (Wildman–Crippen MR) is 56.5 cm³/mol. The number of aromatic nitrogens is 2. The minimum Gasteiger partial charge on any atom is -0.292 e. The molecule has 1 aromatic rings. The van der Waals surface area contributed by atoms with Crippen molar-refractivity contribution in [2.45, 2.75) is 18.6 Å². The molecule has 0 amide bonds. The molecule has 1 heterocycles. The first-order valence-corrected chi connectivity index (χ1v) is 6.28. The highest BCUT2D eigenvalue weighted by Gasteiger charge is 2.39. The van der Waals surface area contributed by atoms with Crippen LogP contribution < -0.4 is 0 Å². The number of ketones is 1. The molecule has 6 heteroatoms.